The number of piperazine rings is 1. The van der Waals surface area contributed by atoms with Crippen molar-refractivity contribution >= 4 is 27.2 Å². The van der Waals surface area contributed by atoms with Gasteiger partial charge in [-0.1, -0.05) is 0 Å². The second-order valence-electron chi connectivity index (χ2n) is 8.72. The van der Waals surface area contributed by atoms with Gasteiger partial charge in [0.25, 0.3) is 0 Å². The Labute approximate surface area is 201 Å². The zero-order valence-electron chi connectivity index (χ0n) is 19.7. The van der Waals surface area contributed by atoms with Crippen LogP contribution in [0.2, 0.25) is 0 Å². The van der Waals surface area contributed by atoms with Gasteiger partial charge in [0, 0.05) is 37.0 Å². The molecule has 6 heteroatoms. The standard InChI is InChI=1S/C25H35N4S.BrH/c1-7-27(8-2)20-13-18(5)24-22(15-20)30-23-16-21(14-19(6)25(23)26-24)29-11-9-28(10-12-29)17(3)4;/h13-17H,7-12H2,1-6H3;1H/q+1;/p-1. The summed E-state index contributed by atoms with van der Waals surface area (Å²) < 4.78 is 3.82. The molecule has 0 radical (unpaired) electrons. The molecule has 1 saturated heterocycles. The summed E-state index contributed by atoms with van der Waals surface area (Å²) in [4.78, 5) is 11.4. The minimum Gasteiger partial charge on any atom is -1.00 e. The molecule has 0 N–H and O–H groups in total. The highest BCUT2D eigenvalue weighted by molar-refractivity contribution is 7.21. The average Bonchev–Trinajstić information content (AvgIpc) is 2.73. The third kappa shape index (κ3) is 4.81. The van der Waals surface area contributed by atoms with Crippen molar-refractivity contribution in [2.24, 2.45) is 0 Å². The van der Waals surface area contributed by atoms with Gasteiger partial charge in [0.05, 0.1) is 33.9 Å². The average molecular weight is 504 g/mol. The Kier molecular flexibility index (Phi) is 7.76. The number of fused-ring (bicyclic) bond motifs is 2. The molecule has 1 aromatic rings. The Bertz CT molecular complexity index is 1090. The Balaban J connectivity index is 0.00000272. The Morgan fingerprint density at radius 2 is 1.71 bits per heavy atom. The molecule has 31 heavy (non-hydrogen) atoms. The van der Waals surface area contributed by atoms with Crippen LogP contribution in [0.25, 0.3) is 20.8 Å². The van der Waals surface area contributed by atoms with Crippen LogP contribution in [0, 0.1) is 13.8 Å². The quantitative estimate of drug-likeness (QED) is 0.397. The third-order valence-corrected chi connectivity index (χ3v) is 7.54. The molecule has 0 bridgehead atoms. The topological polar surface area (TPSA) is 22.4 Å². The van der Waals surface area contributed by atoms with E-state index in [1.807, 2.05) is 11.3 Å². The second kappa shape index (κ2) is 9.97. The predicted octanol–water partition coefficient (Wildman–Crippen LogP) is 1.36. The monoisotopic (exact) mass is 502 g/mol. The minimum atomic E-state index is 0. The number of rotatable bonds is 4. The van der Waals surface area contributed by atoms with Gasteiger partial charge in [0.1, 0.15) is 0 Å². The first-order valence-electron chi connectivity index (χ1n) is 11.3. The lowest BCUT2D eigenvalue weighted by Gasteiger charge is -2.28. The van der Waals surface area contributed by atoms with E-state index < -0.39 is 0 Å². The smallest absolute Gasteiger partial charge is 0.201 e. The van der Waals surface area contributed by atoms with Crippen molar-refractivity contribution < 1.29 is 17.0 Å². The van der Waals surface area contributed by atoms with E-state index in [1.54, 1.807) is 0 Å². The maximum Gasteiger partial charge on any atom is 0.201 e. The lowest BCUT2D eigenvalue weighted by Crippen LogP contribution is -3.00. The van der Waals surface area contributed by atoms with Gasteiger partial charge in [-0.2, -0.15) is 0 Å². The van der Waals surface area contributed by atoms with E-state index >= 15 is 0 Å². The van der Waals surface area contributed by atoms with Crippen molar-refractivity contribution in [1.29, 1.82) is 0 Å². The summed E-state index contributed by atoms with van der Waals surface area (Å²) in [7, 11) is 0. The maximum atomic E-state index is 5.12. The molecule has 1 aliphatic carbocycles. The van der Waals surface area contributed by atoms with Gasteiger partial charge in [-0.15, -0.1) is 11.3 Å². The van der Waals surface area contributed by atoms with E-state index in [2.05, 4.69) is 80.2 Å². The van der Waals surface area contributed by atoms with Crippen LogP contribution < -0.4 is 31.8 Å². The predicted molar refractivity (Wildman–Crippen MR) is 131 cm³/mol. The van der Waals surface area contributed by atoms with Gasteiger partial charge in [-0.25, -0.2) is 9.56 Å². The molecule has 0 aromatic heterocycles. The van der Waals surface area contributed by atoms with Gasteiger partial charge in [0.15, 0.2) is 13.1 Å². The van der Waals surface area contributed by atoms with Crippen LogP contribution in [0.4, 0.5) is 5.69 Å². The summed E-state index contributed by atoms with van der Waals surface area (Å²) in [5.41, 5.74) is 6.14. The number of benzene rings is 2. The van der Waals surface area contributed by atoms with Crippen LogP contribution in [0.5, 0.6) is 0 Å². The number of aryl methyl sites for hydroxylation is 2. The summed E-state index contributed by atoms with van der Waals surface area (Å²) in [6.07, 6.45) is 0. The van der Waals surface area contributed by atoms with Crippen molar-refractivity contribution in [2.75, 3.05) is 44.2 Å². The normalized spacial score (nSPS) is 15.0. The molecule has 4 rings (SSSR count). The van der Waals surface area contributed by atoms with E-state index in [1.165, 1.54) is 31.7 Å². The van der Waals surface area contributed by atoms with Gasteiger partial charge in [-0.05, 0) is 64.8 Å². The molecule has 0 amide bonds. The second-order valence-corrected chi connectivity index (χ2v) is 9.81. The Hall–Kier alpha value is -1.50. The zero-order valence-corrected chi connectivity index (χ0v) is 22.1. The van der Waals surface area contributed by atoms with Gasteiger partial charge in [-0.3, -0.25) is 4.90 Å². The molecule has 0 atom stereocenters. The maximum absolute atomic E-state index is 5.12. The highest BCUT2D eigenvalue weighted by Gasteiger charge is 2.22. The van der Waals surface area contributed by atoms with Gasteiger partial charge >= 0.3 is 0 Å². The first kappa shape index (κ1) is 24.1. The molecule has 0 saturated carbocycles. The third-order valence-electron chi connectivity index (χ3n) is 6.48. The van der Waals surface area contributed by atoms with Crippen molar-refractivity contribution in [3.05, 3.63) is 40.7 Å². The fourth-order valence-corrected chi connectivity index (χ4v) is 5.78. The summed E-state index contributed by atoms with van der Waals surface area (Å²) in [5.74, 6) is 0. The summed E-state index contributed by atoms with van der Waals surface area (Å²) >= 11 is 1.89. The van der Waals surface area contributed by atoms with Crippen LogP contribution in [0.15, 0.2) is 24.3 Å². The molecule has 0 unspecified atom stereocenters. The van der Waals surface area contributed by atoms with E-state index in [4.69, 9.17) is 4.98 Å². The summed E-state index contributed by atoms with van der Waals surface area (Å²) in [6, 6.07) is 9.95. The highest BCUT2D eigenvalue weighted by atomic mass is 79.9. The fourth-order valence-electron chi connectivity index (χ4n) is 4.58. The Morgan fingerprint density at radius 3 is 2.32 bits per heavy atom. The molecule has 1 aromatic carbocycles. The molecular weight excluding hydrogens is 468 g/mol. The summed E-state index contributed by atoms with van der Waals surface area (Å²) in [5, 5.41) is 1.34. The van der Waals surface area contributed by atoms with Crippen molar-refractivity contribution in [1.82, 2.24) is 14.5 Å². The molecule has 2 heterocycles. The minimum absolute atomic E-state index is 0. The van der Waals surface area contributed by atoms with E-state index in [0.29, 0.717) is 6.04 Å². The Morgan fingerprint density at radius 1 is 1.03 bits per heavy atom. The van der Waals surface area contributed by atoms with Gasteiger partial charge in [0.2, 0.25) is 5.36 Å². The largest absolute Gasteiger partial charge is 1.00 e. The first-order chi connectivity index (χ1) is 14.4. The molecule has 1 fully saturated rings. The number of halogens is 1. The summed E-state index contributed by atoms with van der Waals surface area (Å²) in [6.45, 7) is 20.0. The van der Waals surface area contributed by atoms with Crippen LogP contribution >= 0.6 is 11.3 Å². The van der Waals surface area contributed by atoms with E-state index in [-0.39, 0.29) is 17.0 Å². The SMILES string of the molecule is CCN(CC)c1cc(C)c2nc3c(C)cc(=[N+]4CCN(C(C)C)CC4)cc-3sc2c1.[Br-]. The van der Waals surface area contributed by atoms with Crippen LogP contribution in [0.1, 0.15) is 38.8 Å². The number of hydrogen-bond acceptors (Lipinski definition) is 4. The van der Waals surface area contributed by atoms with Crippen molar-refractivity contribution in [2.45, 2.75) is 47.6 Å². The van der Waals surface area contributed by atoms with Gasteiger partial charge < -0.3 is 21.9 Å². The molecular formula is C25H35BrN4S. The van der Waals surface area contributed by atoms with Crippen molar-refractivity contribution in [3.63, 3.8) is 0 Å². The number of hydrogen-bond donors (Lipinski definition) is 0. The first-order valence-corrected chi connectivity index (χ1v) is 12.2. The number of anilines is 1. The van der Waals surface area contributed by atoms with Crippen molar-refractivity contribution in [3.8, 4) is 10.6 Å². The molecule has 168 valence electrons. The van der Waals surface area contributed by atoms with Crippen LogP contribution in [0.3, 0.4) is 0 Å². The number of nitrogens with zero attached hydrogens (tertiary/aromatic N) is 4. The van der Waals surface area contributed by atoms with E-state index in [0.717, 1.165) is 50.5 Å². The van der Waals surface area contributed by atoms with Crippen LogP contribution in [-0.2, 0) is 0 Å². The number of aromatic nitrogens is 1. The fraction of sp³-hybridized carbons (Fsp3) is 0.520. The van der Waals surface area contributed by atoms with Crippen LogP contribution in [-0.4, -0.2) is 55.2 Å². The molecule has 2 aliphatic heterocycles. The lowest BCUT2D eigenvalue weighted by atomic mass is 10.1. The molecule has 3 aliphatic rings. The van der Waals surface area contributed by atoms with E-state index in [9.17, 15) is 0 Å². The highest BCUT2D eigenvalue weighted by Crippen LogP contribution is 2.35. The molecule has 0 spiro atoms. The zero-order chi connectivity index (χ0) is 21.4. The lowest BCUT2D eigenvalue weighted by molar-refractivity contribution is -0.00000650. The molecule has 4 nitrogen and oxygen atoms in total.